The van der Waals surface area contributed by atoms with Crippen molar-refractivity contribution < 1.29 is 0 Å². The summed E-state index contributed by atoms with van der Waals surface area (Å²) in [5, 5.41) is 3.03. The van der Waals surface area contributed by atoms with Crippen LogP contribution in [0, 0.1) is 0 Å². The van der Waals surface area contributed by atoms with E-state index in [2.05, 4.69) is 10.3 Å². The first-order chi connectivity index (χ1) is 8.70. The van der Waals surface area contributed by atoms with E-state index in [4.69, 9.17) is 5.73 Å². The van der Waals surface area contributed by atoms with E-state index in [1.807, 2.05) is 32.8 Å². The van der Waals surface area contributed by atoms with Crippen LogP contribution in [0.1, 0.15) is 20.8 Å². The van der Waals surface area contributed by atoms with Crippen LogP contribution >= 0.6 is 0 Å². The zero-order valence-electron chi connectivity index (χ0n) is 12.2. The van der Waals surface area contributed by atoms with Gasteiger partial charge in [-0.1, -0.05) is 0 Å². The Bertz CT molecular complexity index is 556. The molecule has 0 aliphatic rings. The molecule has 1 rings (SSSR count). The lowest BCUT2D eigenvalue weighted by atomic mass is 10.0. The van der Waals surface area contributed by atoms with Crippen LogP contribution < -0.4 is 22.3 Å². The third-order valence-electron chi connectivity index (χ3n) is 3.46. The molecule has 1 heterocycles. The summed E-state index contributed by atoms with van der Waals surface area (Å²) >= 11 is 0. The number of nitrogens with one attached hydrogen (secondary N) is 2. The minimum absolute atomic E-state index is 0.147. The summed E-state index contributed by atoms with van der Waals surface area (Å²) in [5.74, 6) is 0.172. The van der Waals surface area contributed by atoms with Crippen molar-refractivity contribution in [2.45, 2.75) is 32.9 Å². The molecule has 108 valence electrons. The van der Waals surface area contributed by atoms with E-state index in [1.54, 1.807) is 6.92 Å². The van der Waals surface area contributed by atoms with Gasteiger partial charge in [0.15, 0.2) is 0 Å². The normalized spacial score (nSPS) is 11.9. The standard InChI is InChI=1S/C12H23N5O2/c1-6-17-9(13)8(10(18)15-11(17)19)14-7-12(2,3)16(4)5/h14H,6-7,13H2,1-5H3,(H,15,18,19). The molecule has 0 saturated heterocycles. The molecule has 0 bridgehead atoms. The maximum absolute atomic E-state index is 11.8. The van der Waals surface area contributed by atoms with Crippen LogP contribution in [-0.4, -0.2) is 40.6 Å². The third kappa shape index (κ3) is 3.17. The summed E-state index contributed by atoms with van der Waals surface area (Å²) in [6.07, 6.45) is 0. The van der Waals surface area contributed by atoms with E-state index in [0.29, 0.717) is 13.1 Å². The highest BCUT2D eigenvalue weighted by molar-refractivity contribution is 5.60. The number of aromatic amines is 1. The summed E-state index contributed by atoms with van der Waals surface area (Å²) < 4.78 is 1.33. The molecule has 1 aromatic rings. The Labute approximate surface area is 112 Å². The Morgan fingerprint density at radius 3 is 2.42 bits per heavy atom. The molecule has 7 heteroatoms. The quantitative estimate of drug-likeness (QED) is 0.693. The monoisotopic (exact) mass is 269 g/mol. The number of nitrogens with two attached hydrogens (primary N) is 1. The predicted octanol–water partition coefficient (Wildman–Crippen LogP) is -0.109. The molecular weight excluding hydrogens is 246 g/mol. The van der Waals surface area contributed by atoms with Crippen molar-refractivity contribution in [3.05, 3.63) is 20.8 Å². The highest BCUT2D eigenvalue weighted by Crippen LogP contribution is 2.14. The number of H-pyrrole nitrogens is 1. The molecular formula is C12H23N5O2. The Kier molecular flexibility index (Phi) is 4.41. The Morgan fingerprint density at radius 2 is 1.95 bits per heavy atom. The lowest BCUT2D eigenvalue weighted by Crippen LogP contribution is -2.45. The van der Waals surface area contributed by atoms with Gasteiger partial charge in [0.25, 0.3) is 5.56 Å². The van der Waals surface area contributed by atoms with Crippen molar-refractivity contribution in [1.82, 2.24) is 14.5 Å². The summed E-state index contributed by atoms with van der Waals surface area (Å²) in [7, 11) is 3.92. The zero-order chi connectivity index (χ0) is 14.8. The van der Waals surface area contributed by atoms with Crippen LogP contribution in [0.5, 0.6) is 0 Å². The fraction of sp³-hybridized carbons (Fsp3) is 0.667. The van der Waals surface area contributed by atoms with Crippen LogP contribution in [0.25, 0.3) is 0 Å². The predicted molar refractivity (Wildman–Crippen MR) is 77.7 cm³/mol. The average Bonchev–Trinajstić information content (AvgIpc) is 2.28. The number of hydrogen-bond acceptors (Lipinski definition) is 5. The largest absolute Gasteiger partial charge is 0.383 e. The summed E-state index contributed by atoms with van der Waals surface area (Å²) in [4.78, 5) is 27.6. The van der Waals surface area contributed by atoms with Crippen molar-refractivity contribution in [3.63, 3.8) is 0 Å². The van der Waals surface area contributed by atoms with Gasteiger partial charge in [-0.15, -0.1) is 0 Å². The number of nitrogen functional groups attached to an aromatic ring is 1. The maximum Gasteiger partial charge on any atom is 0.330 e. The molecule has 0 radical (unpaired) electrons. The molecule has 0 aromatic carbocycles. The number of nitrogens with zero attached hydrogens (tertiary/aromatic N) is 2. The number of hydrogen-bond donors (Lipinski definition) is 3. The van der Waals surface area contributed by atoms with Gasteiger partial charge in [0.05, 0.1) is 0 Å². The van der Waals surface area contributed by atoms with Crippen molar-refractivity contribution in [2.75, 3.05) is 31.7 Å². The molecule has 0 aliphatic carbocycles. The van der Waals surface area contributed by atoms with Crippen molar-refractivity contribution in [3.8, 4) is 0 Å². The van der Waals surface area contributed by atoms with Gasteiger partial charge in [-0.25, -0.2) is 4.79 Å². The smallest absolute Gasteiger partial charge is 0.330 e. The number of rotatable bonds is 5. The van der Waals surface area contributed by atoms with Gasteiger partial charge in [-0.3, -0.25) is 14.3 Å². The molecule has 4 N–H and O–H groups in total. The topological polar surface area (TPSA) is 96.2 Å². The lowest BCUT2D eigenvalue weighted by molar-refractivity contribution is 0.210. The first kappa shape index (κ1) is 15.3. The Morgan fingerprint density at radius 1 is 1.37 bits per heavy atom. The first-order valence-electron chi connectivity index (χ1n) is 6.24. The molecule has 0 saturated carbocycles. The van der Waals surface area contributed by atoms with Gasteiger partial charge in [0.2, 0.25) is 0 Å². The molecule has 0 amide bonds. The van der Waals surface area contributed by atoms with Crippen LogP contribution in [-0.2, 0) is 6.54 Å². The van der Waals surface area contributed by atoms with Gasteiger partial charge >= 0.3 is 5.69 Å². The third-order valence-corrected chi connectivity index (χ3v) is 3.46. The second kappa shape index (κ2) is 5.48. The molecule has 0 fully saturated rings. The summed E-state index contributed by atoms with van der Waals surface area (Å²) in [6.45, 7) is 6.83. The minimum Gasteiger partial charge on any atom is -0.383 e. The fourth-order valence-corrected chi connectivity index (χ4v) is 1.54. The van der Waals surface area contributed by atoms with Gasteiger partial charge in [-0.2, -0.15) is 0 Å². The highest BCUT2D eigenvalue weighted by Gasteiger charge is 2.21. The van der Waals surface area contributed by atoms with Crippen LogP contribution in [0.3, 0.4) is 0 Å². The molecule has 1 aromatic heterocycles. The minimum atomic E-state index is -0.484. The Hall–Kier alpha value is -1.76. The van der Waals surface area contributed by atoms with Crippen LogP contribution in [0.2, 0.25) is 0 Å². The van der Waals surface area contributed by atoms with Gasteiger partial charge < -0.3 is 16.0 Å². The van der Waals surface area contributed by atoms with E-state index in [9.17, 15) is 9.59 Å². The second-order valence-corrected chi connectivity index (χ2v) is 5.32. The molecule has 0 atom stereocenters. The molecule has 0 unspecified atom stereocenters. The van der Waals surface area contributed by atoms with Gasteiger partial charge in [-0.05, 0) is 34.9 Å². The fourth-order valence-electron chi connectivity index (χ4n) is 1.54. The van der Waals surface area contributed by atoms with Gasteiger partial charge in [0.1, 0.15) is 11.5 Å². The molecule has 19 heavy (non-hydrogen) atoms. The molecule has 7 nitrogen and oxygen atoms in total. The lowest BCUT2D eigenvalue weighted by Gasteiger charge is -2.33. The van der Waals surface area contributed by atoms with Crippen molar-refractivity contribution in [1.29, 1.82) is 0 Å². The van der Waals surface area contributed by atoms with E-state index in [0.717, 1.165) is 0 Å². The first-order valence-corrected chi connectivity index (χ1v) is 6.24. The second-order valence-electron chi connectivity index (χ2n) is 5.32. The van der Waals surface area contributed by atoms with E-state index >= 15 is 0 Å². The molecule has 0 aliphatic heterocycles. The van der Waals surface area contributed by atoms with Crippen LogP contribution in [0.4, 0.5) is 11.5 Å². The maximum atomic E-state index is 11.8. The Balaban J connectivity index is 3.10. The molecule has 0 spiro atoms. The average molecular weight is 269 g/mol. The highest BCUT2D eigenvalue weighted by atomic mass is 16.2. The zero-order valence-corrected chi connectivity index (χ0v) is 12.2. The van der Waals surface area contributed by atoms with Crippen molar-refractivity contribution in [2.24, 2.45) is 0 Å². The van der Waals surface area contributed by atoms with E-state index < -0.39 is 11.2 Å². The van der Waals surface area contributed by atoms with E-state index in [-0.39, 0.29) is 17.0 Å². The van der Waals surface area contributed by atoms with E-state index in [1.165, 1.54) is 4.57 Å². The van der Waals surface area contributed by atoms with Crippen molar-refractivity contribution >= 4 is 11.5 Å². The van der Waals surface area contributed by atoms with Crippen LogP contribution in [0.15, 0.2) is 9.59 Å². The number of likely N-dealkylation sites (N-methyl/N-ethyl adjacent to an activating group) is 1. The summed E-state index contributed by atoms with van der Waals surface area (Å²) in [6, 6.07) is 0. The number of aromatic nitrogens is 2. The summed E-state index contributed by atoms with van der Waals surface area (Å²) in [5.41, 5.74) is 5.00. The van der Waals surface area contributed by atoms with Gasteiger partial charge in [0, 0.05) is 18.6 Å². The number of anilines is 2. The SMILES string of the molecule is CCn1c(N)c(NCC(C)(C)N(C)C)c(=O)[nH]c1=O.